The standard InChI is InChI=1S/C14H23N3O2.ClH/c1-17-9-3-4-12(17)13(18)16-10-14(11-19-2)5-7-15-8-6-14;/h3-4,9,15H,5-8,10-11H2,1-2H3,(H,16,18);1H. The van der Waals surface area contributed by atoms with Crippen molar-refractivity contribution < 1.29 is 9.53 Å². The van der Waals surface area contributed by atoms with Gasteiger partial charge in [-0.05, 0) is 38.1 Å². The molecule has 0 spiro atoms. The van der Waals surface area contributed by atoms with Crippen LogP contribution in [0, 0.1) is 5.41 Å². The molecule has 0 saturated carbocycles. The summed E-state index contributed by atoms with van der Waals surface area (Å²) in [6.45, 7) is 3.35. The molecule has 2 heterocycles. The van der Waals surface area contributed by atoms with Gasteiger partial charge in [0, 0.05) is 32.3 Å². The van der Waals surface area contributed by atoms with E-state index in [1.807, 2.05) is 29.9 Å². The number of ether oxygens (including phenoxy) is 1. The number of hydrogen-bond donors (Lipinski definition) is 2. The van der Waals surface area contributed by atoms with Crippen LogP contribution in [0.4, 0.5) is 0 Å². The number of methoxy groups -OCH3 is 1. The Bertz CT molecular complexity index is 422. The third kappa shape index (κ3) is 3.98. The normalized spacial score (nSPS) is 17.3. The summed E-state index contributed by atoms with van der Waals surface area (Å²) in [7, 11) is 3.60. The number of nitrogens with one attached hydrogen (secondary N) is 2. The number of amides is 1. The molecule has 5 nitrogen and oxygen atoms in total. The van der Waals surface area contributed by atoms with Crippen LogP contribution in [0.2, 0.25) is 0 Å². The fourth-order valence-corrected chi connectivity index (χ4v) is 2.69. The van der Waals surface area contributed by atoms with E-state index in [0.717, 1.165) is 25.9 Å². The molecule has 0 atom stereocenters. The van der Waals surface area contributed by atoms with Crippen molar-refractivity contribution in [3.8, 4) is 0 Å². The van der Waals surface area contributed by atoms with E-state index in [0.29, 0.717) is 18.8 Å². The summed E-state index contributed by atoms with van der Waals surface area (Å²) in [5.41, 5.74) is 0.766. The molecule has 1 fully saturated rings. The van der Waals surface area contributed by atoms with E-state index < -0.39 is 0 Å². The SMILES string of the molecule is COCC1(CNC(=O)c2cccn2C)CCNCC1.Cl. The highest BCUT2D eigenvalue weighted by Crippen LogP contribution is 2.28. The van der Waals surface area contributed by atoms with Gasteiger partial charge in [0.05, 0.1) is 6.61 Å². The maximum absolute atomic E-state index is 12.1. The van der Waals surface area contributed by atoms with Crippen molar-refractivity contribution in [2.24, 2.45) is 12.5 Å². The molecule has 1 aromatic rings. The average Bonchev–Trinajstić information content (AvgIpc) is 2.84. The minimum Gasteiger partial charge on any atom is -0.384 e. The first-order valence-corrected chi connectivity index (χ1v) is 6.76. The summed E-state index contributed by atoms with van der Waals surface area (Å²) in [5.74, 6) is -0.0125. The molecule has 0 aromatic carbocycles. The number of aryl methyl sites for hydroxylation is 1. The Morgan fingerprint density at radius 2 is 2.20 bits per heavy atom. The molecule has 20 heavy (non-hydrogen) atoms. The second kappa shape index (κ2) is 7.67. The second-order valence-corrected chi connectivity index (χ2v) is 5.37. The Kier molecular flexibility index (Phi) is 6.52. The summed E-state index contributed by atoms with van der Waals surface area (Å²) in [6, 6.07) is 3.71. The minimum atomic E-state index is -0.0125. The van der Waals surface area contributed by atoms with E-state index >= 15 is 0 Å². The topological polar surface area (TPSA) is 55.3 Å². The molecule has 1 saturated heterocycles. The van der Waals surface area contributed by atoms with Crippen molar-refractivity contribution in [1.82, 2.24) is 15.2 Å². The lowest BCUT2D eigenvalue weighted by molar-refractivity contribution is 0.0510. The van der Waals surface area contributed by atoms with Gasteiger partial charge in [-0.25, -0.2) is 0 Å². The Hall–Kier alpha value is -1.04. The zero-order valence-corrected chi connectivity index (χ0v) is 13.0. The highest BCUT2D eigenvalue weighted by Gasteiger charge is 2.32. The molecular weight excluding hydrogens is 278 g/mol. The fourth-order valence-electron chi connectivity index (χ4n) is 2.69. The van der Waals surface area contributed by atoms with Crippen LogP contribution in [-0.2, 0) is 11.8 Å². The predicted octanol–water partition coefficient (Wildman–Crippen LogP) is 1.19. The third-order valence-corrected chi connectivity index (χ3v) is 3.92. The number of carbonyl (C=O) groups is 1. The Morgan fingerprint density at radius 3 is 2.75 bits per heavy atom. The summed E-state index contributed by atoms with van der Waals surface area (Å²) >= 11 is 0. The van der Waals surface area contributed by atoms with E-state index in [-0.39, 0.29) is 23.7 Å². The summed E-state index contributed by atoms with van der Waals surface area (Å²) in [5, 5.41) is 6.40. The number of halogens is 1. The molecule has 0 unspecified atom stereocenters. The quantitative estimate of drug-likeness (QED) is 0.859. The Labute approximate surface area is 126 Å². The largest absolute Gasteiger partial charge is 0.384 e. The lowest BCUT2D eigenvalue weighted by atomic mass is 9.79. The van der Waals surface area contributed by atoms with Crippen LogP contribution in [0.25, 0.3) is 0 Å². The Balaban J connectivity index is 0.00000200. The van der Waals surface area contributed by atoms with Gasteiger partial charge >= 0.3 is 0 Å². The summed E-state index contributed by atoms with van der Waals surface area (Å²) in [4.78, 5) is 12.1. The number of nitrogens with zero attached hydrogens (tertiary/aromatic N) is 1. The monoisotopic (exact) mass is 301 g/mol. The lowest BCUT2D eigenvalue weighted by Gasteiger charge is -2.37. The first-order chi connectivity index (χ1) is 9.17. The molecular formula is C14H24ClN3O2. The number of aromatic nitrogens is 1. The maximum atomic E-state index is 12.1. The van der Waals surface area contributed by atoms with E-state index in [1.54, 1.807) is 7.11 Å². The van der Waals surface area contributed by atoms with E-state index in [1.165, 1.54) is 0 Å². The van der Waals surface area contributed by atoms with Crippen LogP contribution in [0.5, 0.6) is 0 Å². The first-order valence-electron chi connectivity index (χ1n) is 6.76. The maximum Gasteiger partial charge on any atom is 0.267 e. The van der Waals surface area contributed by atoms with E-state index in [9.17, 15) is 4.79 Å². The zero-order valence-electron chi connectivity index (χ0n) is 12.1. The van der Waals surface area contributed by atoms with E-state index in [4.69, 9.17) is 4.74 Å². The van der Waals surface area contributed by atoms with Crippen LogP contribution in [0.3, 0.4) is 0 Å². The van der Waals surface area contributed by atoms with Crippen LogP contribution in [0.1, 0.15) is 23.3 Å². The average molecular weight is 302 g/mol. The van der Waals surface area contributed by atoms with Gasteiger partial charge in [-0.3, -0.25) is 4.79 Å². The van der Waals surface area contributed by atoms with E-state index in [2.05, 4.69) is 10.6 Å². The van der Waals surface area contributed by atoms with Crippen molar-refractivity contribution in [2.45, 2.75) is 12.8 Å². The number of hydrogen-bond acceptors (Lipinski definition) is 3. The zero-order chi connectivity index (χ0) is 13.7. The van der Waals surface area contributed by atoms with Crippen molar-refractivity contribution >= 4 is 18.3 Å². The molecule has 2 rings (SSSR count). The van der Waals surface area contributed by atoms with Gasteiger partial charge in [0.15, 0.2) is 0 Å². The molecule has 0 aliphatic carbocycles. The molecule has 1 amide bonds. The molecule has 6 heteroatoms. The highest BCUT2D eigenvalue weighted by atomic mass is 35.5. The van der Waals surface area contributed by atoms with Gasteiger partial charge in [-0.1, -0.05) is 0 Å². The van der Waals surface area contributed by atoms with Crippen LogP contribution >= 0.6 is 12.4 Å². The van der Waals surface area contributed by atoms with Crippen LogP contribution in [-0.4, -0.2) is 43.8 Å². The van der Waals surface area contributed by atoms with Gasteiger partial charge in [0.1, 0.15) is 5.69 Å². The molecule has 0 bridgehead atoms. The number of rotatable bonds is 5. The Morgan fingerprint density at radius 1 is 1.50 bits per heavy atom. The third-order valence-electron chi connectivity index (χ3n) is 3.92. The number of piperidine rings is 1. The number of carbonyl (C=O) groups excluding carboxylic acids is 1. The molecule has 114 valence electrons. The molecule has 2 N–H and O–H groups in total. The van der Waals surface area contributed by atoms with Gasteiger partial charge in [0.25, 0.3) is 5.91 Å². The van der Waals surface area contributed by atoms with Crippen molar-refractivity contribution in [2.75, 3.05) is 33.4 Å². The molecule has 1 aliphatic heterocycles. The van der Waals surface area contributed by atoms with Crippen molar-refractivity contribution in [3.05, 3.63) is 24.0 Å². The smallest absolute Gasteiger partial charge is 0.267 e. The first kappa shape index (κ1) is 17.0. The van der Waals surface area contributed by atoms with Crippen molar-refractivity contribution in [3.63, 3.8) is 0 Å². The lowest BCUT2D eigenvalue weighted by Crippen LogP contribution is -2.47. The summed E-state index contributed by atoms with van der Waals surface area (Å²) in [6.07, 6.45) is 3.95. The summed E-state index contributed by atoms with van der Waals surface area (Å²) < 4.78 is 7.18. The van der Waals surface area contributed by atoms with Crippen LogP contribution in [0.15, 0.2) is 18.3 Å². The molecule has 1 aliphatic rings. The van der Waals surface area contributed by atoms with Crippen LogP contribution < -0.4 is 10.6 Å². The molecule has 1 aromatic heterocycles. The van der Waals surface area contributed by atoms with Gasteiger partial charge in [0.2, 0.25) is 0 Å². The fraction of sp³-hybridized carbons (Fsp3) is 0.643. The predicted molar refractivity (Wildman–Crippen MR) is 81.4 cm³/mol. The highest BCUT2D eigenvalue weighted by molar-refractivity contribution is 5.92. The van der Waals surface area contributed by atoms with Crippen molar-refractivity contribution in [1.29, 1.82) is 0 Å². The van der Waals surface area contributed by atoms with Gasteiger partial charge in [-0.15, -0.1) is 12.4 Å². The van der Waals surface area contributed by atoms with Gasteiger partial charge in [-0.2, -0.15) is 0 Å². The second-order valence-electron chi connectivity index (χ2n) is 5.37. The molecule has 0 radical (unpaired) electrons. The van der Waals surface area contributed by atoms with Gasteiger partial charge < -0.3 is 19.9 Å². The minimum absolute atomic E-state index is 0.